The summed E-state index contributed by atoms with van der Waals surface area (Å²) in [7, 11) is -3.77. The molecule has 0 aromatic rings. The van der Waals surface area contributed by atoms with Crippen molar-refractivity contribution in [3.05, 3.63) is 0 Å². The molecular formula is C12H23ClNO6P. The van der Waals surface area contributed by atoms with Crippen molar-refractivity contribution < 1.29 is 28.3 Å². The quantitative estimate of drug-likeness (QED) is 0.580. The van der Waals surface area contributed by atoms with Crippen LogP contribution in [0.4, 0.5) is 0 Å². The molecule has 0 spiro atoms. The first-order valence-corrected chi connectivity index (χ1v) is 9.51. The zero-order valence-corrected chi connectivity index (χ0v) is 14.4. The first-order valence-electron chi connectivity index (χ1n) is 6.74. The molecule has 0 bridgehead atoms. The van der Waals surface area contributed by atoms with E-state index >= 15 is 0 Å². The molecule has 0 aromatic heterocycles. The maximum atomic E-state index is 12.1. The van der Waals surface area contributed by atoms with Gasteiger partial charge in [-0.05, 0) is 0 Å². The molecule has 124 valence electrons. The predicted octanol–water partition coefficient (Wildman–Crippen LogP) is 1.53. The van der Waals surface area contributed by atoms with E-state index in [0.717, 1.165) is 0 Å². The van der Waals surface area contributed by atoms with Crippen LogP contribution in [0.1, 0.15) is 34.1 Å². The van der Waals surface area contributed by atoms with Crippen LogP contribution in [0, 0.1) is 5.41 Å². The second kappa shape index (κ2) is 7.20. The van der Waals surface area contributed by atoms with Crippen LogP contribution in [-0.2, 0) is 23.4 Å². The van der Waals surface area contributed by atoms with Crippen molar-refractivity contribution in [2.75, 3.05) is 13.2 Å². The van der Waals surface area contributed by atoms with Crippen molar-refractivity contribution in [3.8, 4) is 0 Å². The van der Waals surface area contributed by atoms with Gasteiger partial charge in [-0.25, -0.2) is 0 Å². The van der Waals surface area contributed by atoms with Crippen molar-refractivity contribution in [2.24, 2.45) is 5.41 Å². The predicted molar refractivity (Wildman–Crippen MR) is 79.8 cm³/mol. The standard InChI is InChI=1S/C12H23ClNO6P/c1-8(2)19-9(15)5-6-14-11(16)10-12(3,4)7-18-21(13,17)20-10/h8,10,17,21H,5-7H2,1-4H3,(H,14,16)/t10-/m0/s1. The fourth-order valence-corrected chi connectivity index (χ4v) is 3.57. The van der Waals surface area contributed by atoms with Crippen molar-refractivity contribution in [3.63, 3.8) is 0 Å². The molecule has 2 N–H and O–H groups in total. The Balaban J connectivity index is 2.48. The summed E-state index contributed by atoms with van der Waals surface area (Å²) < 4.78 is 15.2. The number of carbonyl (C=O) groups is 2. The van der Waals surface area contributed by atoms with Gasteiger partial charge in [0.05, 0.1) is 0 Å². The Morgan fingerprint density at radius 2 is 2.14 bits per heavy atom. The molecule has 1 amide bonds. The van der Waals surface area contributed by atoms with Crippen molar-refractivity contribution in [2.45, 2.75) is 46.3 Å². The molecule has 0 aliphatic carbocycles. The van der Waals surface area contributed by atoms with Gasteiger partial charge in [0.15, 0.2) is 0 Å². The van der Waals surface area contributed by atoms with Gasteiger partial charge >= 0.3 is 129 Å². The van der Waals surface area contributed by atoms with Gasteiger partial charge in [-0.15, -0.1) is 0 Å². The average Bonchev–Trinajstić information content (AvgIpc) is 2.31. The van der Waals surface area contributed by atoms with E-state index in [2.05, 4.69) is 5.32 Å². The number of esters is 1. The Kier molecular flexibility index (Phi) is 6.37. The first-order chi connectivity index (χ1) is 9.53. The third-order valence-electron chi connectivity index (χ3n) is 2.83. The van der Waals surface area contributed by atoms with E-state index in [9.17, 15) is 14.5 Å². The van der Waals surface area contributed by atoms with E-state index in [-0.39, 0.29) is 31.6 Å². The average molecular weight is 344 g/mol. The molecule has 1 rings (SSSR count). The van der Waals surface area contributed by atoms with E-state index < -0.39 is 24.7 Å². The fraction of sp³-hybridized carbons (Fsp3) is 0.833. The van der Waals surface area contributed by atoms with E-state index in [1.54, 1.807) is 27.7 Å². The molecule has 0 aromatic carbocycles. The maximum absolute atomic E-state index is 12.1. The van der Waals surface area contributed by atoms with Gasteiger partial charge < -0.3 is 0 Å². The Labute approximate surface area is 129 Å². The third-order valence-corrected chi connectivity index (χ3v) is 4.45. The first kappa shape index (κ1) is 18.6. The van der Waals surface area contributed by atoms with Gasteiger partial charge in [0.2, 0.25) is 0 Å². The van der Waals surface area contributed by atoms with E-state index in [0.29, 0.717) is 0 Å². The van der Waals surface area contributed by atoms with Gasteiger partial charge in [0.1, 0.15) is 0 Å². The van der Waals surface area contributed by atoms with Crippen LogP contribution >= 0.6 is 18.5 Å². The van der Waals surface area contributed by atoms with Crippen LogP contribution in [0.2, 0.25) is 0 Å². The summed E-state index contributed by atoms with van der Waals surface area (Å²) in [6.45, 7) is 7.29. The second-order valence-corrected chi connectivity index (χ2v) is 8.83. The topological polar surface area (TPSA) is 94.1 Å². The van der Waals surface area contributed by atoms with Gasteiger partial charge in [-0.1, -0.05) is 0 Å². The Hall–Kier alpha value is -0.460. The van der Waals surface area contributed by atoms with E-state index in [1.807, 2.05) is 0 Å². The molecule has 1 aliphatic rings. The van der Waals surface area contributed by atoms with E-state index in [1.165, 1.54) is 0 Å². The van der Waals surface area contributed by atoms with Crippen molar-refractivity contribution >= 4 is 30.4 Å². The van der Waals surface area contributed by atoms with Crippen LogP contribution in [0.25, 0.3) is 0 Å². The zero-order valence-electron chi connectivity index (χ0n) is 12.6. The molecule has 9 heteroatoms. The summed E-state index contributed by atoms with van der Waals surface area (Å²) >= 11 is 5.68. The summed E-state index contributed by atoms with van der Waals surface area (Å²) in [6.07, 6.45) is -1.05. The minimum atomic E-state index is -3.77. The summed E-state index contributed by atoms with van der Waals surface area (Å²) in [6, 6.07) is 0. The Morgan fingerprint density at radius 1 is 1.52 bits per heavy atom. The molecule has 1 saturated heterocycles. The van der Waals surface area contributed by atoms with Crippen LogP contribution < -0.4 is 5.32 Å². The Morgan fingerprint density at radius 3 is 2.71 bits per heavy atom. The van der Waals surface area contributed by atoms with Crippen molar-refractivity contribution in [1.29, 1.82) is 0 Å². The number of hydrogen-bond acceptors (Lipinski definition) is 6. The summed E-state index contributed by atoms with van der Waals surface area (Å²) in [5.41, 5.74) is -0.628. The molecule has 0 saturated carbocycles. The molecule has 1 atom stereocenters. The van der Waals surface area contributed by atoms with E-state index in [4.69, 9.17) is 25.0 Å². The third kappa shape index (κ3) is 6.04. The normalized spacial score (nSPS) is 25.2. The summed E-state index contributed by atoms with van der Waals surface area (Å²) in [4.78, 5) is 33.1. The number of halogens is 1. The van der Waals surface area contributed by atoms with Crippen LogP contribution in [0.3, 0.4) is 0 Å². The number of rotatable bonds is 5. The number of ether oxygens (including phenoxy) is 1. The molecule has 0 unspecified atom stereocenters. The van der Waals surface area contributed by atoms with Crippen LogP contribution in [-0.4, -0.2) is 42.1 Å². The van der Waals surface area contributed by atoms with Gasteiger partial charge in [-0.2, -0.15) is 0 Å². The SMILES string of the molecule is CC(C)OC(=O)CCNC(=O)[C@@H]1O[PH](O)(Cl)OCC1(C)C. The number of hydrogen-bond donors (Lipinski definition) is 2. The van der Waals surface area contributed by atoms with Crippen molar-refractivity contribution in [1.82, 2.24) is 5.32 Å². The fourth-order valence-electron chi connectivity index (χ4n) is 1.80. The van der Waals surface area contributed by atoms with Crippen LogP contribution in [0.15, 0.2) is 0 Å². The number of carbonyl (C=O) groups excluding carboxylic acids is 2. The molecule has 21 heavy (non-hydrogen) atoms. The molecule has 0 radical (unpaired) electrons. The number of nitrogens with one attached hydrogen (secondary N) is 1. The monoisotopic (exact) mass is 343 g/mol. The molecule has 1 aliphatic heterocycles. The van der Waals surface area contributed by atoms with Gasteiger partial charge in [0, 0.05) is 0 Å². The minimum absolute atomic E-state index is 0.0656. The van der Waals surface area contributed by atoms with Crippen LogP contribution in [0.5, 0.6) is 0 Å². The summed E-state index contributed by atoms with van der Waals surface area (Å²) in [5, 5.41) is 2.58. The summed E-state index contributed by atoms with van der Waals surface area (Å²) in [5.74, 6) is -0.826. The molecule has 1 fully saturated rings. The number of amides is 1. The molecular weight excluding hydrogens is 321 g/mol. The zero-order chi connectivity index (χ0) is 16.3. The molecule has 7 nitrogen and oxygen atoms in total. The van der Waals surface area contributed by atoms with Gasteiger partial charge in [-0.3, -0.25) is 0 Å². The Bertz CT molecular complexity index is 401. The van der Waals surface area contributed by atoms with Gasteiger partial charge in [0.25, 0.3) is 0 Å². The molecule has 1 heterocycles. The second-order valence-electron chi connectivity index (χ2n) is 5.86.